The van der Waals surface area contributed by atoms with E-state index in [4.69, 9.17) is 0 Å². The second kappa shape index (κ2) is 8.20. The van der Waals surface area contributed by atoms with E-state index in [0.717, 1.165) is 19.6 Å². The molecule has 1 aromatic rings. The van der Waals surface area contributed by atoms with Crippen molar-refractivity contribution in [3.05, 3.63) is 35.9 Å². The van der Waals surface area contributed by atoms with Crippen LogP contribution in [-0.4, -0.2) is 54.3 Å². The van der Waals surface area contributed by atoms with E-state index < -0.39 is 5.91 Å². The monoisotopic (exact) mass is 299 g/mol. The first-order chi connectivity index (χ1) is 10.7. The number of carbonyl (C=O) groups excluding carboxylic acids is 2. The van der Waals surface area contributed by atoms with Gasteiger partial charge < -0.3 is 10.2 Å². The molecule has 1 heterocycles. The van der Waals surface area contributed by atoms with Crippen LogP contribution in [0, 0.1) is 11.8 Å². The number of hydrogen-bond donors (Lipinski definition) is 1. The Balaban J connectivity index is 1.73. The maximum absolute atomic E-state index is 12.0. The molecule has 1 fully saturated rings. The first kappa shape index (κ1) is 16.1. The van der Waals surface area contributed by atoms with Gasteiger partial charge in [0.25, 0.3) is 5.91 Å². The molecule has 2 rings (SSSR count). The van der Waals surface area contributed by atoms with Crippen molar-refractivity contribution in [2.75, 3.05) is 32.7 Å². The van der Waals surface area contributed by atoms with Gasteiger partial charge in [-0.15, -0.1) is 0 Å². The fourth-order valence-electron chi connectivity index (χ4n) is 2.42. The van der Waals surface area contributed by atoms with E-state index in [9.17, 15) is 9.59 Å². The zero-order valence-corrected chi connectivity index (χ0v) is 12.8. The third kappa shape index (κ3) is 4.90. The molecule has 0 spiro atoms. The number of piperazine rings is 1. The van der Waals surface area contributed by atoms with E-state index >= 15 is 0 Å². The van der Waals surface area contributed by atoms with E-state index in [2.05, 4.69) is 34.2 Å². The molecule has 0 unspecified atom stereocenters. The molecule has 1 aromatic carbocycles. The van der Waals surface area contributed by atoms with Crippen LogP contribution in [0.4, 0.5) is 0 Å². The Morgan fingerprint density at radius 2 is 1.82 bits per heavy atom. The molecule has 0 bridgehead atoms. The molecule has 1 aliphatic rings. The number of rotatable bonds is 4. The van der Waals surface area contributed by atoms with Gasteiger partial charge in [0.2, 0.25) is 5.91 Å². The summed E-state index contributed by atoms with van der Waals surface area (Å²) in [7, 11) is 0. The Morgan fingerprint density at radius 1 is 1.14 bits per heavy atom. The lowest BCUT2D eigenvalue weighted by Crippen LogP contribution is -2.50. The van der Waals surface area contributed by atoms with Crippen molar-refractivity contribution in [3.63, 3.8) is 0 Å². The molecule has 1 N–H and O–H groups in total. The topological polar surface area (TPSA) is 52.7 Å². The van der Waals surface area contributed by atoms with E-state index in [1.165, 1.54) is 5.56 Å². The quantitative estimate of drug-likeness (QED) is 0.822. The number of benzene rings is 1. The molecule has 116 valence electrons. The lowest BCUT2D eigenvalue weighted by molar-refractivity contribution is -0.133. The van der Waals surface area contributed by atoms with Gasteiger partial charge in [0, 0.05) is 32.7 Å². The van der Waals surface area contributed by atoms with Crippen molar-refractivity contribution in [1.82, 2.24) is 15.1 Å². The highest BCUT2D eigenvalue weighted by Gasteiger charge is 2.21. The van der Waals surface area contributed by atoms with Gasteiger partial charge in [0.1, 0.15) is 0 Å². The van der Waals surface area contributed by atoms with E-state index in [1.54, 1.807) is 11.8 Å². The largest absolute Gasteiger partial charge is 0.339 e. The van der Waals surface area contributed by atoms with Crippen molar-refractivity contribution in [2.45, 2.75) is 13.5 Å². The summed E-state index contributed by atoms with van der Waals surface area (Å²) < 4.78 is 0. The fourth-order valence-corrected chi connectivity index (χ4v) is 2.42. The van der Waals surface area contributed by atoms with Crippen LogP contribution >= 0.6 is 0 Å². The highest BCUT2D eigenvalue weighted by atomic mass is 16.2. The van der Waals surface area contributed by atoms with E-state index in [1.807, 2.05) is 18.2 Å². The zero-order chi connectivity index (χ0) is 15.8. The Bertz CT molecular complexity index is 567. The molecular weight excluding hydrogens is 278 g/mol. The minimum absolute atomic E-state index is 0.0200. The van der Waals surface area contributed by atoms with Gasteiger partial charge in [0.05, 0.1) is 6.54 Å². The van der Waals surface area contributed by atoms with Crippen LogP contribution in [0.1, 0.15) is 12.5 Å². The smallest absolute Gasteiger partial charge is 0.296 e. The highest BCUT2D eigenvalue weighted by Crippen LogP contribution is 2.08. The molecule has 5 heteroatoms. The van der Waals surface area contributed by atoms with E-state index in [0.29, 0.717) is 13.1 Å². The summed E-state index contributed by atoms with van der Waals surface area (Å²) >= 11 is 0. The van der Waals surface area contributed by atoms with Crippen LogP contribution in [0.2, 0.25) is 0 Å². The van der Waals surface area contributed by atoms with Gasteiger partial charge in [-0.05, 0) is 18.4 Å². The van der Waals surface area contributed by atoms with Crippen molar-refractivity contribution in [1.29, 1.82) is 0 Å². The molecule has 0 aromatic heterocycles. The molecule has 1 aliphatic heterocycles. The normalized spacial score (nSPS) is 14.9. The van der Waals surface area contributed by atoms with E-state index in [-0.39, 0.29) is 12.5 Å². The minimum Gasteiger partial charge on any atom is -0.339 e. The summed E-state index contributed by atoms with van der Waals surface area (Å²) in [4.78, 5) is 27.4. The van der Waals surface area contributed by atoms with Gasteiger partial charge >= 0.3 is 0 Å². The SMILES string of the molecule is CC#CC(=O)NCC(=O)N1CCN(Cc2ccccc2)CC1. The predicted molar refractivity (Wildman–Crippen MR) is 84.8 cm³/mol. The number of hydrogen-bond acceptors (Lipinski definition) is 3. The Hall–Kier alpha value is -2.32. The van der Waals surface area contributed by atoms with Crippen LogP contribution < -0.4 is 5.32 Å². The van der Waals surface area contributed by atoms with Gasteiger partial charge in [-0.2, -0.15) is 0 Å². The van der Waals surface area contributed by atoms with Crippen LogP contribution in [0.3, 0.4) is 0 Å². The fraction of sp³-hybridized carbons (Fsp3) is 0.412. The molecule has 22 heavy (non-hydrogen) atoms. The summed E-state index contributed by atoms with van der Waals surface area (Å²) in [5.41, 5.74) is 1.28. The van der Waals surface area contributed by atoms with Crippen LogP contribution in [0.5, 0.6) is 0 Å². The molecule has 0 aliphatic carbocycles. The van der Waals surface area contributed by atoms with Crippen molar-refractivity contribution < 1.29 is 9.59 Å². The first-order valence-electron chi connectivity index (χ1n) is 7.43. The third-order valence-corrected chi connectivity index (χ3v) is 3.61. The number of carbonyl (C=O) groups is 2. The van der Waals surface area contributed by atoms with Crippen LogP contribution in [0.25, 0.3) is 0 Å². The number of nitrogens with one attached hydrogen (secondary N) is 1. The first-order valence-corrected chi connectivity index (χ1v) is 7.43. The average Bonchev–Trinajstić information content (AvgIpc) is 2.54. The molecule has 1 saturated heterocycles. The standard InChI is InChI=1S/C17H21N3O2/c1-2-6-16(21)18-13-17(22)20-11-9-19(10-12-20)14-15-7-4-3-5-8-15/h3-5,7-8H,9-14H2,1H3,(H,18,21). The predicted octanol–water partition coefficient (Wildman–Crippen LogP) is 0.470. The Labute approximate surface area is 131 Å². The number of nitrogens with zero attached hydrogens (tertiary/aromatic N) is 2. The summed E-state index contributed by atoms with van der Waals surface area (Å²) in [5, 5.41) is 2.51. The molecule has 0 saturated carbocycles. The molecule has 0 atom stereocenters. The highest BCUT2D eigenvalue weighted by molar-refractivity contribution is 5.95. The van der Waals surface area contributed by atoms with Gasteiger partial charge in [-0.1, -0.05) is 36.3 Å². The second-order valence-corrected chi connectivity index (χ2v) is 5.20. The van der Waals surface area contributed by atoms with Gasteiger partial charge in [-0.3, -0.25) is 14.5 Å². The van der Waals surface area contributed by atoms with Gasteiger partial charge in [0.15, 0.2) is 0 Å². The van der Waals surface area contributed by atoms with Crippen molar-refractivity contribution in [2.24, 2.45) is 0 Å². The minimum atomic E-state index is -0.404. The van der Waals surface area contributed by atoms with Crippen LogP contribution in [0.15, 0.2) is 30.3 Å². The summed E-state index contributed by atoms with van der Waals surface area (Å²) in [6.07, 6.45) is 0. The second-order valence-electron chi connectivity index (χ2n) is 5.20. The summed E-state index contributed by atoms with van der Waals surface area (Å²) in [6, 6.07) is 10.3. The van der Waals surface area contributed by atoms with Crippen molar-refractivity contribution >= 4 is 11.8 Å². The molecular formula is C17H21N3O2. The lowest BCUT2D eigenvalue weighted by atomic mass is 10.2. The van der Waals surface area contributed by atoms with Crippen molar-refractivity contribution in [3.8, 4) is 11.8 Å². The van der Waals surface area contributed by atoms with Gasteiger partial charge in [-0.25, -0.2) is 0 Å². The maximum atomic E-state index is 12.0. The molecule has 5 nitrogen and oxygen atoms in total. The third-order valence-electron chi connectivity index (χ3n) is 3.61. The lowest BCUT2D eigenvalue weighted by Gasteiger charge is -2.34. The van der Waals surface area contributed by atoms with Crippen LogP contribution in [-0.2, 0) is 16.1 Å². The Morgan fingerprint density at radius 3 is 2.45 bits per heavy atom. The summed E-state index contributed by atoms with van der Waals surface area (Å²) in [5.74, 6) is 4.41. The summed E-state index contributed by atoms with van der Waals surface area (Å²) in [6.45, 7) is 5.61. The average molecular weight is 299 g/mol. The Kier molecular flexibility index (Phi) is 5.99. The zero-order valence-electron chi connectivity index (χ0n) is 12.8. The maximum Gasteiger partial charge on any atom is 0.296 e. The molecule has 2 amide bonds. The molecule has 0 radical (unpaired) electrons. The number of amides is 2.